The number of nitrogens with zero attached hydrogens (tertiary/aromatic N) is 4. The molecule has 0 radical (unpaired) electrons. The van der Waals surface area contributed by atoms with Crippen LogP contribution in [0, 0.1) is 5.92 Å². The number of aromatic nitrogens is 1. The lowest BCUT2D eigenvalue weighted by molar-refractivity contribution is -0.132. The van der Waals surface area contributed by atoms with E-state index in [4.69, 9.17) is 0 Å². The van der Waals surface area contributed by atoms with Gasteiger partial charge in [-0.3, -0.25) is 4.79 Å². The van der Waals surface area contributed by atoms with Gasteiger partial charge in [-0.25, -0.2) is 13.4 Å². The van der Waals surface area contributed by atoms with Gasteiger partial charge in [-0.15, -0.1) is 0 Å². The van der Waals surface area contributed by atoms with E-state index in [2.05, 4.69) is 9.88 Å². The minimum atomic E-state index is -3.44. The molecule has 2 aliphatic rings. The number of hydrogen-bond donors (Lipinski definition) is 0. The average molecular weight is 429 g/mol. The van der Waals surface area contributed by atoms with E-state index in [0.717, 1.165) is 31.7 Å². The van der Waals surface area contributed by atoms with E-state index < -0.39 is 10.0 Å². The molecule has 3 heterocycles. The van der Waals surface area contributed by atoms with Crippen LogP contribution in [0.1, 0.15) is 19.3 Å². The molecule has 0 saturated carbocycles. The minimum absolute atomic E-state index is 0.181. The number of benzene rings is 1. The number of carbonyl (C=O) groups is 1. The first-order chi connectivity index (χ1) is 14.5. The molecule has 0 spiro atoms. The maximum Gasteiger partial charge on any atom is 0.243 e. The monoisotopic (exact) mass is 428 g/mol. The summed E-state index contributed by atoms with van der Waals surface area (Å²) in [6.07, 6.45) is 3.75. The molecule has 4 rings (SSSR count). The fourth-order valence-electron chi connectivity index (χ4n) is 4.20. The van der Waals surface area contributed by atoms with Gasteiger partial charge in [-0.2, -0.15) is 4.31 Å². The van der Waals surface area contributed by atoms with Crippen LogP contribution in [-0.2, 0) is 14.8 Å². The van der Waals surface area contributed by atoms with E-state index in [1.54, 1.807) is 34.8 Å². The molecule has 7 nitrogen and oxygen atoms in total. The molecule has 1 amide bonds. The van der Waals surface area contributed by atoms with Crippen molar-refractivity contribution in [1.82, 2.24) is 14.2 Å². The zero-order chi connectivity index (χ0) is 21.0. The molecule has 0 unspecified atom stereocenters. The molecule has 30 heavy (non-hydrogen) atoms. The Kier molecular flexibility index (Phi) is 6.34. The fraction of sp³-hybridized carbons (Fsp3) is 0.455. The summed E-state index contributed by atoms with van der Waals surface area (Å²) < 4.78 is 27.1. The summed E-state index contributed by atoms with van der Waals surface area (Å²) in [7, 11) is -3.44. The van der Waals surface area contributed by atoms with Crippen LogP contribution in [0.15, 0.2) is 59.6 Å². The molecular weight excluding hydrogens is 400 g/mol. The van der Waals surface area contributed by atoms with Crippen molar-refractivity contribution in [2.24, 2.45) is 5.92 Å². The predicted octanol–water partition coefficient (Wildman–Crippen LogP) is 2.22. The van der Waals surface area contributed by atoms with Crippen LogP contribution < -0.4 is 4.90 Å². The summed E-state index contributed by atoms with van der Waals surface area (Å²) in [5, 5.41) is 0. The summed E-state index contributed by atoms with van der Waals surface area (Å²) in [5.74, 6) is 1.38. The third kappa shape index (κ3) is 4.65. The Morgan fingerprint density at radius 3 is 2.20 bits per heavy atom. The van der Waals surface area contributed by atoms with Gasteiger partial charge in [0.15, 0.2) is 0 Å². The van der Waals surface area contributed by atoms with Crippen molar-refractivity contribution in [1.29, 1.82) is 0 Å². The van der Waals surface area contributed by atoms with Crippen LogP contribution in [0.3, 0.4) is 0 Å². The van der Waals surface area contributed by atoms with Gasteiger partial charge in [-0.1, -0.05) is 24.3 Å². The van der Waals surface area contributed by atoms with Crippen molar-refractivity contribution in [2.75, 3.05) is 44.2 Å². The van der Waals surface area contributed by atoms with Crippen molar-refractivity contribution in [3.63, 3.8) is 0 Å². The second-order valence-corrected chi connectivity index (χ2v) is 9.86. The van der Waals surface area contributed by atoms with E-state index >= 15 is 0 Å². The molecule has 0 N–H and O–H groups in total. The van der Waals surface area contributed by atoms with E-state index in [1.807, 2.05) is 29.2 Å². The Morgan fingerprint density at radius 1 is 0.900 bits per heavy atom. The predicted molar refractivity (Wildman–Crippen MR) is 116 cm³/mol. The lowest BCUT2D eigenvalue weighted by Gasteiger charge is -2.37. The molecule has 2 aromatic rings. The Bertz CT molecular complexity index is 937. The third-order valence-electron chi connectivity index (χ3n) is 6.02. The maximum absolute atomic E-state index is 12.8. The van der Waals surface area contributed by atoms with Crippen LogP contribution in [0.25, 0.3) is 0 Å². The van der Waals surface area contributed by atoms with Crippen molar-refractivity contribution in [3.8, 4) is 0 Å². The molecule has 160 valence electrons. The number of carbonyl (C=O) groups excluding carboxylic acids is 1. The van der Waals surface area contributed by atoms with Gasteiger partial charge >= 0.3 is 0 Å². The average Bonchev–Trinajstić information content (AvgIpc) is 2.81. The first kappa shape index (κ1) is 20.8. The topological polar surface area (TPSA) is 73.8 Å². The van der Waals surface area contributed by atoms with E-state index in [9.17, 15) is 13.2 Å². The van der Waals surface area contributed by atoms with Gasteiger partial charge < -0.3 is 9.80 Å². The molecule has 8 heteroatoms. The fourth-order valence-corrected chi connectivity index (χ4v) is 5.69. The Hall–Kier alpha value is -2.45. The summed E-state index contributed by atoms with van der Waals surface area (Å²) in [5.41, 5.74) is 0. The smallest absolute Gasteiger partial charge is 0.243 e. The molecule has 1 aromatic heterocycles. The number of amides is 1. The van der Waals surface area contributed by atoms with Gasteiger partial charge in [0.25, 0.3) is 0 Å². The van der Waals surface area contributed by atoms with Gasteiger partial charge in [0.05, 0.1) is 4.90 Å². The minimum Gasteiger partial charge on any atom is -0.353 e. The highest BCUT2D eigenvalue weighted by Gasteiger charge is 2.31. The van der Waals surface area contributed by atoms with Crippen LogP contribution >= 0.6 is 0 Å². The van der Waals surface area contributed by atoms with Crippen molar-refractivity contribution >= 4 is 21.7 Å². The molecular formula is C22H28N4O3S. The molecule has 0 bridgehead atoms. The molecule has 0 atom stereocenters. The Balaban J connectivity index is 1.25. The summed E-state index contributed by atoms with van der Waals surface area (Å²) in [4.78, 5) is 21.6. The molecule has 2 aliphatic heterocycles. The second kappa shape index (κ2) is 9.14. The number of sulfonamides is 1. The largest absolute Gasteiger partial charge is 0.353 e. The molecule has 1 aromatic carbocycles. The SMILES string of the molecule is O=C(CC1CCN(S(=O)(=O)c2ccccc2)CC1)N1CCN(c2ccccn2)CC1. The number of piperidine rings is 1. The van der Waals surface area contributed by atoms with Gasteiger partial charge in [-0.05, 0) is 43.0 Å². The third-order valence-corrected chi connectivity index (χ3v) is 7.94. The van der Waals surface area contributed by atoms with Crippen LogP contribution in [0.4, 0.5) is 5.82 Å². The van der Waals surface area contributed by atoms with Gasteiger partial charge in [0, 0.05) is 51.9 Å². The van der Waals surface area contributed by atoms with Crippen LogP contribution in [-0.4, -0.2) is 67.8 Å². The zero-order valence-corrected chi connectivity index (χ0v) is 17.9. The van der Waals surface area contributed by atoms with Crippen LogP contribution in [0.5, 0.6) is 0 Å². The van der Waals surface area contributed by atoms with E-state index in [1.165, 1.54) is 0 Å². The Morgan fingerprint density at radius 2 is 1.57 bits per heavy atom. The number of rotatable bonds is 5. The summed E-state index contributed by atoms with van der Waals surface area (Å²) in [6.45, 7) is 3.94. The molecule has 2 saturated heterocycles. The standard InChI is InChI=1S/C22H28N4O3S/c27-22(25-16-14-24(15-17-25)21-8-4-5-11-23-21)18-19-9-12-26(13-10-19)30(28,29)20-6-2-1-3-7-20/h1-8,11,19H,9-10,12-18H2. The summed E-state index contributed by atoms with van der Waals surface area (Å²) >= 11 is 0. The van der Waals surface area contributed by atoms with Crippen molar-refractivity contribution < 1.29 is 13.2 Å². The van der Waals surface area contributed by atoms with Gasteiger partial charge in [0.1, 0.15) is 5.82 Å². The summed E-state index contributed by atoms with van der Waals surface area (Å²) in [6, 6.07) is 14.4. The number of pyridine rings is 1. The quantitative estimate of drug-likeness (QED) is 0.730. The molecule has 2 fully saturated rings. The van der Waals surface area contributed by atoms with Gasteiger partial charge in [0.2, 0.25) is 15.9 Å². The van der Waals surface area contributed by atoms with Crippen LogP contribution in [0.2, 0.25) is 0 Å². The maximum atomic E-state index is 12.8. The van der Waals surface area contributed by atoms with E-state index in [-0.39, 0.29) is 11.8 Å². The number of piperazine rings is 1. The first-order valence-corrected chi connectivity index (χ1v) is 12.0. The molecule has 0 aliphatic carbocycles. The van der Waals surface area contributed by atoms with Crippen molar-refractivity contribution in [3.05, 3.63) is 54.7 Å². The highest BCUT2D eigenvalue weighted by molar-refractivity contribution is 7.89. The second-order valence-electron chi connectivity index (χ2n) is 7.92. The van der Waals surface area contributed by atoms with E-state index in [0.29, 0.717) is 37.5 Å². The number of hydrogen-bond acceptors (Lipinski definition) is 5. The zero-order valence-electron chi connectivity index (χ0n) is 17.1. The highest BCUT2D eigenvalue weighted by atomic mass is 32.2. The Labute approximate surface area is 178 Å². The number of anilines is 1. The first-order valence-electron chi connectivity index (χ1n) is 10.5. The lowest BCUT2D eigenvalue weighted by Crippen LogP contribution is -2.49. The normalized spacial score (nSPS) is 19.1. The van der Waals surface area contributed by atoms with Crippen molar-refractivity contribution in [2.45, 2.75) is 24.2 Å². The highest BCUT2D eigenvalue weighted by Crippen LogP contribution is 2.26. The lowest BCUT2D eigenvalue weighted by atomic mass is 9.94.